The zero-order chi connectivity index (χ0) is 12.5. The summed E-state index contributed by atoms with van der Waals surface area (Å²) in [6.07, 6.45) is 1.95. The molecule has 0 saturated heterocycles. The van der Waals surface area contributed by atoms with Crippen LogP contribution in [-0.4, -0.2) is 14.8 Å². The topological polar surface area (TPSA) is 67.6 Å². The minimum atomic E-state index is 0.513. The molecule has 3 rings (SSSR count). The van der Waals surface area contributed by atoms with E-state index in [9.17, 15) is 0 Å². The van der Waals surface area contributed by atoms with Gasteiger partial charge >= 0.3 is 0 Å². The van der Waals surface area contributed by atoms with Gasteiger partial charge in [0.25, 0.3) is 0 Å². The molecule has 1 aromatic carbocycles. The van der Waals surface area contributed by atoms with Gasteiger partial charge in [-0.05, 0) is 23.6 Å². The first-order valence-corrected chi connectivity index (χ1v) is 5.54. The lowest BCUT2D eigenvalue weighted by Gasteiger charge is -2.01. The Bertz CT molecular complexity index is 748. The second kappa shape index (κ2) is 4.00. The Kier molecular flexibility index (Phi) is 2.34. The van der Waals surface area contributed by atoms with Crippen LogP contribution in [0.2, 0.25) is 0 Å². The number of nitrogens with zero attached hydrogens (tertiary/aromatic N) is 4. The summed E-state index contributed by atoms with van der Waals surface area (Å²) in [6.45, 7) is 2.28. The van der Waals surface area contributed by atoms with Crippen molar-refractivity contribution in [3.05, 3.63) is 47.8 Å². The standard InChI is InChI=1S/C13H10N4O/c1-9-15-16-13(18-9)8-17-5-4-11-3-2-10(7-14)6-12(11)17/h2-6H,8H2,1H3. The average molecular weight is 238 g/mol. The molecule has 88 valence electrons. The maximum Gasteiger partial charge on any atom is 0.236 e. The van der Waals surface area contributed by atoms with Crippen molar-refractivity contribution in [2.24, 2.45) is 0 Å². The third-order valence-electron chi connectivity index (χ3n) is 2.78. The predicted octanol–water partition coefficient (Wildman–Crippen LogP) is 2.25. The summed E-state index contributed by atoms with van der Waals surface area (Å²) in [7, 11) is 0. The van der Waals surface area contributed by atoms with Gasteiger partial charge in [0.1, 0.15) is 6.54 Å². The molecule has 5 nitrogen and oxygen atoms in total. The zero-order valence-corrected chi connectivity index (χ0v) is 9.79. The number of fused-ring (bicyclic) bond motifs is 1. The summed E-state index contributed by atoms with van der Waals surface area (Å²) in [6, 6.07) is 9.74. The van der Waals surface area contributed by atoms with E-state index in [0.717, 1.165) is 10.9 Å². The molecule has 18 heavy (non-hydrogen) atoms. The van der Waals surface area contributed by atoms with E-state index in [2.05, 4.69) is 16.3 Å². The molecule has 2 aromatic heterocycles. The number of hydrogen-bond donors (Lipinski definition) is 0. The molecule has 0 aliphatic carbocycles. The normalized spacial score (nSPS) is 10.7. The summed E-state index contributed by atoms with van der Waals surface area (Å²) in [5.41, 5.74) is 1.63. The van der Waals surface area contributed by atoms with Gasteiger partial charge in [-0.2, -0.15) is 5.26 Å². The van der Waals surface area contributed by atoms with Crippen LogP contribution < -0.4 is 0 Å². The summed E-state index contributed by atoms with van der Waals surface area (Å²) >= 11 is 0. The lowest BCUT2D eigenvalue weighted by atomic mass is 10.2. The van der Waals surface area contributed by atoms with Crippen molar-refractivity contribution >= 4 is 10.9 Å². The maximum atomic E-state index is 8.92. The molecular weight excluding hydrogens is 228 g/mol. The van der Waals surface area contributed by atoms with Crippen LogP contribution in [0.1, 0.15) is 17.3 Å². The van der Waals surface area contributed by atoms with Crippen molar-refractivity contribution in [1.82, 2.24) is 14.8 Å². The molecule has 0 N–H and O–H groups in total. The van der Waals surface area contributed by atoms with E-state index in [-0.39, 0.29) is 0 Å². The molecule has 0 fully saturated rings. The van der Waals surface area contributed by atoms with Crippen LogP contribution in [0, 0.1) is 18.3 Å². The highest BCUT2D eigenvalue weighted by Crippen LogP contribution is 2.18. The molecule has 0 unspecified atom stereocenters. The number of hydrogen-bond acceptors (Lipinski definition) is 4. The summed E-state index contributed by atoms with van der Waals surface area (Å²) < 4.78 is 7.34. The van der Waals surface area contributed by atoms with E-state index in [1.54, 1.807) is 6.92 Å². The molecule has 0 saturated carbocycles. The van der Waals surface area contributed by atoms with Gasteiger partial charge in [-0.3, -0.25) is 0 Å². The average Bonchev–Trinajstić information content (AvgIpc) is 2.96. The summed E-state index contributed by atoms with van der Waals surface area (Å²) in [5, 5.41) is 17.8. The molecule has 3 aromatic rings. The molecule has 0 spiro atoms. The van der Waals surface area contributed by atoms with Gasteiger partial charge in [0.15, 0.2) is 0 Å². The monoisotopic (exact) mass is 238 g/mol. The second-order valence-electron chi connectivity index (χ2n) is 4.04. The second-order valence-corrected chi connectivity index (χ2v) is 4.04. The molecule has 0 aliphatic heterocycles. The molecular formula is C13H10N4O. The zero-order valence-electron chi connectivity index (χ0n) is 9.79. The van der Waals surface area contributed by atoms with Crippen molar-refractivity contribution < 1.29 is 4.42 Å². The largest absolute Gasteiger partial charge is 0.424 e. The summed E-state index contributed by atoms with van der Waals surface area (Å²) in [4.78, 5) is 0. The predicted molar refractivity (Wildman–Crippen MR) is 64.8 cm³/mol. The first-order valence-electron chi connectivity index (χ1n) is 5.54. The minimum absolute atomic E-state index is 0.513. The fourth-order valence-electron chi connectivity index (χ4n) is 1.94. The van der Waals surface area contributed by atoms with E-state index in [4.69, 9.17) is 9.68 Å². The lowest BCUT2D eigenvalue weighted by Crippen LogP contribution is -1.98. The van der Waals surface area contributed by atoms with Gasteiger partial charge < -0.3 is 8.98 Å². The first-order chi connectivity index (χ1) is 8.76. The third kappa shape index (κ3) is 1.74. The van der Waals surface area contributed by atoms with E-state index in [0.29, 0.717) is 23.9 Å². The van der Waals surface area contributed by atoms with Crippen molar-refractivity contribution in [3.63, 3.8) is 0 Å². The number of benzene rings is 1. The van der Waals surface area contributed by atoms with E-state index in [1.807, 2.05) is 35.0 Å². The maximum absolute atomic E-state index is 8.92. The smallest absolute Gasteiger partial charge is 0.236 e. The molecule has 0 aliphatic rings. The Balaban J connectivity index is 2.04. The SMILES string of the molecule is Cc1nnc(Cn2ccc3ccc(C#N)cc32)o1. The third-order valence-corrected chi connectivity index (χ3v) is 2.78. The van der Waals surface area contributed by atoms with E-state index in [1.165, 1.54) is 0 Å². The van der Waals surface area contributed by atoms with Crippen molar-refractivity contribution in [1.29, 1.82) is 5.26 Å². The molecule has 5 heteroatoms. The summed E-state index contributed by atoms with van der Waals surface area (Å²) in [5.74, 6) is 1.12. The van der Waals surface area contributed by atoms with Crippen LogP contribution in [0.25, 0.3) is 10.9 Å². The fourth-order valence-corrected chi connectivity index (χ4v) is 1.94. The van der Waals surface area contributed by atoms with Crippen LogP contribution >= 0.6 is 0 Å². The van der Waals surface area contributed by atoms with Crippen LogP contribution in [0.3, 0.4) is 0 Å². The van der Waals surface area contributed by atoms with Gasteiger partial charge in [-0.1, -0.05) is 6.07 Å². The Labute approximate surface area is 103 Å². The van der Waals surface area contributed by atoms with Gasteiger partial charge in [0.2, 0.25) is 11.8 Å². The van der Waals surface area contributed by atoms with Crippen LogP contribution in [0.5, 0.6) is 0 Å². The molecule has 0 bridgehead atoms. The van der Waals surface area contributed by atoms with Crippen molar-refractivity contribution in [2.75, 3.05) is 0 Å². The molecule has 0 amide bonds. The van der Waals surface area contributed by atoms with Gasteiger partial charge in [-0.25, -0.2) is 0 Å². The van der Waals surface area contributed by atoms with Crippen LogP contribution in [-0.2, 0) is 6.54 Å². The molecule has 0 radical (unpaired) electrons. The minimum Gasteiger partial charge on any atom is -0.424 e. The number of nitriles is 1. The first kappa shape index (κ1) is 10.5. The quantitative estimate of drug-likeness (QED) is 0.686. The Morgan fingerprint density at radius 2 is 2.22 bits per heavy atom. The number of rotatable bonds is 2. The highest BCUT2D eigenvalue weighted by atomic mass is 16.4. The highest BCUT2D eigenvalue weighted by molar-refractivity contribution is 5.81. The Hall–Kier alpha value is -2.61. The van der Waals surface area contributed by atoms with Crippen LogP contribution in [0.15, 0.2) is 34.9 Å². The van der Waals surface area contributed by atoms with Gasteiger partial charge in [-0.15, -0.1) is 10.2 Å². The van der Waals surface area contributed by atoms with E-state index < -0.39 is 0 Å². The van der Waals surface area contributed by atoms with Gasteiger partial charge in [0, 0.05) is 18.6 Å². The van der Waals surface area contributed by atoms with Crippen LogP contribution in [0.4, 0.5) is 0 Å². The Morgan fingerprint density at radius 1 is 1.33 bits per heavy atom. The molecule has 2 heterocycles. The number of aryl methyl sites for hydroxylation is 1. The molecule has 0 atom stereocenters. The van der Waals surface area contributed by atoms with Crippen molar-refractivity contribution in [3.8, 4) is 6.07 Å². The van der Waals surface area contributed by atoms with Gasteiger partial charge in [0.05, 0.1) is 11.6 Å². The fraction of sp³-hybridized carbons (Fsp3) is 0.154. The highest BCUT2D eigenvalue weighted by Gasteiger charge is 2.07. The van der Waals surface area contributed by atoms with Crippen molar-refractivity contribution in [2.45, 2.75) is 13.5 Å². The Morgan fingerprint density at radius 3 is 2.94 bits per heavy atom. The van der Waals surface area contributed by atoms with E-state index >= 15 is 0 Å². The number of aromatic nitrogens is 3. The lowest BCUT2D eigenvalue weighted by molar-refractivity contribution is 0.457.